The van der Waals surface area contributed by atoms with Crippen LogP contribution in [0.3, 0.4) is 0 Å². The van der Waals surface area contributed by atoms with Gasteiger partial charge in [0.2, 0.25) is 5.91 Å². The number of hydrogen-bond acceptors (Lipinski definition) is 4. The summed E-state index contributed by atoms with van der Waals surface area (Å²) >= 11 is 0. The molecule has 1 aromatic heterocycles. The highest BCUT2D eigenvalue weighted by Crippen LogP contribution is 2.44. The van der Waals surface area contributed by atoms with Crippen molar-refractivity contribution >= 4 is 5.91 Å². The number of likely N-dealkylation sites (tertiary alicyclic amines) is 1. The fraction of sp³-hybridized carbons (Fsp3) is 0.542. The van der Waals surface area contributed by atoms with Crippen LogP contribution in [-0.2, 0) is 21.4 Å². The summed E-state index contributed by atoms with van der Waals surface area (Å²) in [4.78, 5) is 24.6. The number of piperidine rings is 1. The number of unbranched alkanes of at least 4 members (excludes halogenated alkanes) is 2. The maximum atomic E-state index is 12.8. The van der Waals surface area contributed by atoms with Gasteiger partial charge in [-0.25, -0.2) is 9.97 Å². The smallest absolute Gasteiger partial charge is 0.222 e. The zero-order valence-electron chi connectivity index (χ0n) is 17.4. The van der Waals surface area contributed by atoms with E-state index in [4.69, 9.17) is 9.72 Å². The van der Waals surface area contributed by atoms with Crippen molar-refractivity contribution in [3.8, 4) is 11.4 Å². The first-order valence-electron chi connectivity index (χ1n) is 10.9. The molecule has 1 atom stereocenters. The number of carbonyl (C=O) groups is 1. The normalized spacial score (nSPS) is 20.8. The molecule has 2 heterocycles. The number of fused-ring (bicyclic) bond motifs is 2. The maximum Gasteiger partial charge on any atom is 0.222 e. The van der Waals surface area contributed by atoms with Crippen LogP contribution in [0.15, 0.2) is 36.5 Å². The number of aryl methyl sites for hydroxylation is 1. The van der Waals surface area contributed by atoms with Gasteiger partial charge in [0.25, 0.3) is 0 Å². The number of aromatic nitrogens is 2. The van der Waals surface area contributed by atoms with Gasteiger partial charge < -0.3 is 9.64 Å². The molecule has 2 aromatic rings. The number of benzene rings is 1. The molecule has 0 bridgehead atoms. The zero-order valence-corrected chi connectivity index (χ0v) is 17.4. The van der Waals surface area contributed by atoms with Crippen molar-refractivity contribution in [2.75, 3.05) is 26.8 Å². The predicted octanol–water partition coefficient (Wildman–Crippen LogP) is 4.16. The van der Waals surface area contributed by atoms with Gasteiger partial charge in [0.05, 0.1) is 5.69 Å². The number of rotatable bonds is 7. The van der Waals surface area contributed by atoms with E-state index in [-0.39, 0.29) is 5.41 Å². The van der Waals surface area contributed by atoms with Gasteiger partial charge in [0, 0.05) is 50.4 Å². The average molecular weight is 394 g/mol. The lowest BCUT2D eigenvalue weighted by Gasteiger charge is -2.40. The van der Waals surface area contributed by atoms with E-state index >= 15 is 0 Å². The standard InChI is InChI=1S/C24H31N3O2/c1-29-16-7-3-6-11-21(28)27-15-8-13-24(18-27)14-12-20-17-25-23(26-22(20)24)19-9-4-2-5-10-19/h2,4-5,9-10,17H,3,6-8,11-16,18H2,1H3. The fourth-order valence-corrected chi connectivity index (χ4v) is 4.87. The van der Waals surface area contributed by atoms with Crippen molar-refractivity contribution in [1.29, 1.82) is 0 Å². The van der Waals surface area contributed by atoms with E-state index < -0.39 is 0 Å². The third kappa shape index (κ3) is 4.35. The molecule has 1 saturated heterocycles. The van der Waals surface area contributed by atoms with Gasteiger partial charge in [-0.1, -0.05) is 36.8 Å². The lowest BCUT2D eigenvalue weighted by atomic mass is 9.77. The Morgan fingerprint density at radius 1 is 1.17 bits per heavy atom. The highest BCUT2D eigenvalue weighted by atomic mass is 16.5. The molecule has 5 nitrogen and oxygen atoms in total. The fourth-order valence-electron chi connectivity index (χ4n) is 4.87. The van der Waals surface area contributed by atoms with Crippen LogP contribution in [0, 0.1) is 0 Å². The molecule has 1 aliphatic heterocycles. The Morgan fingerprint density at radius 3 is 2.86 bits per heavy atom. The van der Waals surface area contributed by atoms with Crippen molar-refractivity contribution in [3.63, 3.8) is 0 Å². The first-order chi connectivity index (χ1) is 14.2. The zero-order chi connectivity index (χ0) is 20.1. The largest absolute Gasteiger partial charge is 0.385 e. The Bertz CT molecular complexity index is 835. The van der Waals surface area contributed by atoms with E-state index in [1.807, 2.05) is 24.4 Å². The van der Waals surface area contributed by atoms with Gasteiger partial charge in [-0.15, -0.1) is 0 Å². The summed E-state index contributed by atoms with van der Waals surface area (Å²) in [5.41, 5.74) is 3.51. The van der Waals surface area contributed by atoms with Crippen LogP contribution in [-0.4, -0.2) is 47.6 Å². The minimum Gasteiger partial charge on any atom is -0.385 e. The van der Waals surface area contributed by atoms with Gasteiger partial charge >= 0.3 is 0 Å². The van der Waals surface area contributed by atoms with Crippen LogP contribution < -0.4 is 0 Å². The SMILES string of the molecule is COCCCCCC(=O)N1CCCC2(CCc3cnc(-c4ccccc4)nc32)C1. The van der Waals surface area contributed by atoms with Crippen LogP contribution in [0.4, 0.5) is 0 Å². The Labute approximate surface area is 173 Å². The predicted molar refractivity (Wildman–Crippen MR) is 114 cm³/mol. The quantitative estimate of drug-likeness (QED) is 0.663. The highest BCUT2D eigenvalue weighted by molar-refractivity contribution is 5.76. The van der Waals surface area contributed by atoms with E-state index in [2.05, 4.69) is 22.0 Å². The summed E-state index contributed by atoms with van der Waals surface area (Å²) in [6.07, 6.45) is 9.94. The number of nitrogens with zero attached hydrogens (tertiary/aromatic N) is 3. The summed E-state index contributed by atoms with van der Waals surface area (Å²) in [7, 11) is 1.73. The molecular formula is C24H31N3O2. The van der Waals surface area contributed by atoms with E-state index in [0.29, 0.717) is 12.3 Å². The van der Waals surface area contributed by atoms with Crippen molar-refractivity contribution in [2.45, 2.75) is 56.8 Å². The first kappa shape index (κ1) is 20.0. The molecule has 0 N–H and O–H groups in total. The van der Waals surface area contributed by atoms with Crippen LogP contribution in [0.1, 0.15) is 56.2 Å². The second-order valence-corrected chi connectivity index (χ2v) is 8.44. The molecular weight excluding hydrogens is 362 g/mol. The van der Waals surface area contributed by atoms with Crippen molar-refractivity contribution in [3.05, 3.63) is 47.8 Å². The van der Waals surface area contributed by atoms with E-state index in [1.165, 1.54) is 11.3 Å². The van der Waals surface area contributed by atoms with E-state index in [1.54, 1.807) is 7.11 Å². The second kappa shape index (κ2) is 9.04. The summed E-state index contributed by atoms with van der Waals surface area (Å²) in [6, 6.07) is 10.2. The molecule has 1 aliphatic carbocycles. The van der Waals surface area contributed by atoms with E-state index in [0.717, 1.165) is 76.0 Å². The molecule has 29 heavy (non-hydrogen) atoms. The molecule has 5 heteroatoms. The van der Waals surface area contributed by atoms with Crippen molar-refractivity contribution in [2.24, 2.45) is 0 Å². The number of hydrogen-bond donors (Lipinski definition) is 0. The molecule has 1 aromatic carbocycles. The molecule has 154 valence electrons. The van der Waals surface area contributed by atoms with Crippen LogP contribution in [0.2, 0.25) is 0 Å². The topological polar surface area (TPSA) is 55.3 Å². The average Bonchev–Trinajstić information content (AvgIpc) is 3.11. The monoisotopic (exact) mass is 393 g/mol. The van der Waals surface area contributed by atoms with Gasteiger partial charge in [0.1, 0.15) is 0 Å². The first-order valence-corrected chi connectivity index (χ1v) is 10.9. The summed E-state index contributed by atoms with van der Waals surface area (Å²) < 4.78 is 5.10. The van der Waals surface area contributed by atoms with E-state index in [9.17, 15) is 4.79 Å². The van der Waals surface area contributed by atoms with Gasteiger partial charge in [-0.2, -0.15) is 0 Å². The molecule has 0 saturated carbocycles. The van der Waals surface area contributed by atoms with Gasteiger partial charge in [-0.3, -0.25) is 4.79 Å². The minimum atomic E-state index is 0.00572. The second-order valence-electron chi connectivity index (χ2n) is 8.44. The van der Waals surface area contributed by atoms with Gasteiger partial charge in [0.15, 0.2) is 5.82 Å². The number of amides is 1. The Morgan fingerprint density at radius 2 is 2.03 bits per heavy atom. The Kier molecular flexibility index (Phi) is 6.24. The van der Waals surface area contributed by atoms with Crippen LogP contribution >= 0.6 is 0 Å². The Balaban J connectivity index is 1.47. The minimum absolute atomic E-state index is 0.00572. The summed E-state index contributed by atoms with van der Waals surface area (Å²) in [6.45, 7) is 2.47. The number of ether oxygens (including phenoxy) is 1. The molecule has 1 amide bonds. The molecule has 2 aliphatic rings. The number of carbonyl (C=O) groups excluding carboxylic acids is 1. The molecule has 0 radical (unpaired) electrons. The lowest BCUT2D eigenvalue weighted by molar-refractivity contribution is -0.133. The third-order valence-corrected chi connectivity index (χ3v) is 6.44. The van der Waals surface area contributed by atoms with Crippen LogP contribution in [0.5, 0.6) is 0 Å². The molecule has 1 fully saturated rings. The van der Waals surface area contributed by atoms with Crippen LogP contribution in [0.25, 0.3) is 11.4 Å². The molecule has 1 spiro atoms. The van der Waals surface area contributed by atoms with Gasteiger partial charge in [-0.05, 0) is 44.1 Å². The molecule has 1 unspecified atom stereocenters. The summed E-state index contributed by atoms with van der Waals surface area (Å²) in [5, 5.41) is 0. The number of methoxy groups -OCH3 is 1. The van der Waals surface area contributed by atoms with Crippen molar-refractivity contribution < 1.29 is 9.53 Å². The Hall–Kier alpha value is -2.27. The van der Waals surface area contributed by atoms with Crippen molar-refractivity contribution in [1.82, 2.24) is 14.9 Å². The lowest BCUT2D eigenvalue weighted by Crippen LogP contribution is -2.47. The molecule has 4 rings (SSSR count). The maximum absolute atomic E-state index is 12.8. The highest BCUT2D eigenvalue weighted by Gasteiger charge is 2.44. The summed E-state index contributed by atoms with van der Waals surface area (Å²) in [5.74, 6) is 1.10. The third-order valence-electron chi connectivity index (χ3n) is 6.44.